The van der Waals surface area contributed by atoms with Crippen molar-refractivity contribution in [2.45, 2.75) is 64.6 Å². The summed E-state index contributed by atoms with van der Waals surface area (Å²) < 4.78 is 80.6. The monoisotopic (exact) mass is 605 g/mol. The first-order chi connectivity index (χ1) is 20.3. The second-order valence-electron chi connectivity index (χ2n) is 11.7. The van der Waals surface area contributed by atoms with Crippen LogP contribution in [0.1, 0.15) is 45.0 Å². The second kappa shape index (κ2) is 12.1. The number of nitrogens with zero attached hydrogens (tertiary/aromatic N) is 5. The van der Waals surface area contributed by atoms with Gasteiger partial charge in [0.15, 0.2) is 17.3 Å². The summed E-state index contributed by atoms with van der Waals surface area (Å²) in [4.78, 5) is 14.5. The standard InChI is InChI=1S/C31H36F5N5O2/c1-18(2)41-17-19(3)42-30-26(41)14-21(15-27(30)43-31(34,35)36)29-24(33)16-37-28(38-29)13-20-6-7-25(23(32)12-20)40-10-8-22(9-11-40)39(4)5/h6-7,12,14-16,18-19,22H,8-11,13,17H2,1-5H3. The van der Waals surface area contributed by atoms with E-state index in [1.54, 1.807) is 25.1 Å². The number of halogens is 5. The number of piperidine rings is 1. The summed E-state index contributed by atoms with van der Waals surface area (Å²) in [5, 5.41) is 0. The predicted molar refractivity (Wildman–Crippen MR) is 155 cm³/mol. The van der Waals surface area contributed by atoms with Gasteiger partial charge in [0.05, 0.1) is 24.1 Å². The molecule has 2 aliphatic heterocycles. The molecule has 232 valence electrons. The van der Waals surface area contributed by atoms with E-state index >= 15 is 8.78 Å². The van der Waals surface area contributed by atoms with Crippen molar-refractivity contribution in [3.8, 4) is 22.8 Å². The fourth-order valence-corrected chi connectivity index (χ4v) is 5.77. The lowest BCUT2D eigenvalue weighted by atomic mass is 10.0. The lowest BCUT2D eigenvalue weighted by Crippen LogP contribution is -2.42. The van der Waals surface area contributed by atoms with Gasteiger partial charge in [0.25, 0.3) is 0 Å². The Bertz CT molecular complexity index is 1460. The van der Waals surface area contributed by atoms with Crippen molar-refractivity contribution < 1.29 is 31.4 Å². The summed E-state index contributed by atoms with van der Waals surface area (Å²) in [7, 11) is 4.10. The van der Waals surface area contributed by atoms with E-state index < -0.39 is 24.0 Å². The smallest absolute Gasteiger partial charge is 0.483 e. The average molecular weight is 606 g/mol. The Labute approximate surface area is 248 Å². The van der Waals surface area contributed by atoms with Crippen molar-refractivity contribution in [1.82, 2.24) is 14.9 Å². The number of anilines is 2. The predicted octanol–water partition coefficient (Wildman–Crippen LogP) is 6.44. The van der Waals surface area contributed by atoms with Crippen molar-refractivity contribution in [3.63, 3.8) is 0 Å². The molecule has 3 aromatic rings. The van der Waals surface area contributed by atoms with E-state index in [9.17, 15) is 13.2 Å². The van der Waals surface area contributed by atoms with E-state index in [0.717, 1.165) is 38.2 Å². The molecule has 3 heterocycles. The third kappa shape index (κ3) is 6.95. The van der Waals surface area contributed by atoms with Gasteiger partial charge < -0.3 is 24.2 Å². The quantitative estimate of drug-likeness (QED) is 0.288. The highest BCUT2D eigenvalue weighted by molar-refractivity contribution is 5.76. The number of rotatable bonds is 7. The molecular weight excluding hydrogens is 569 g/mol. The molecule has 0 amide bonds. The van der Waals surface area contributed by atoms with Gasteiger partial charge in [0.2, 0.25) is 0 Å². The van der Waals surface area contributed by atoms with Crippen LogP contribution in [0.25, 0.3) is 11.3 Å². The molecule has 43 heavy (non-hydrogen) atoms. The van der Waals surface area contributed by atoms with Crippen LogP contribution >= 0.6 is 0 Å². The van der Waals surface area contributed by atoms with Gasteiger partial charge in [-0.05, 0) is 77.5 Å². The summed E-state index contributed by atoms with van der Waals surface area (Å²) in [5.41, 5.74) is 1.34. The maximum atomic E-state index is 15.2. The number of ether oxygens (including phenoxy) is 2. The Balaban J connectivity index is 1.44. The fourth-order valence-electron chi connectivity index (χ4n) is 5.77. The number of benzene rings is 2. The molecule has 0 N–H and O–H groups in total. The second-order valence-corrected chi connectivity index (χ2v) is 11.7. The van der Waals surface area contributed by atoms with Crippen LogP contribution < -0.4 is 19.3 Å². The molecule has 0 radical (unpaired) electrons. The molecule has 2 aliphatic rings. The normalized spacial score (nSPS) is 17.8. The Kier molecular flexibility index (Phi) is 8.69. The SMILES string of the molecule is CC1CN(C(C)C)c2cc(-c3nc(Cc4ccc(N5CCC(N(C)C)CC5)c(F)c4)ncc3F)cc(OC(F)(F)F)c2O1. The molecule has 1 aromatic heterocycles. The third-order valence-electron chi connectivity index (χ3n) is 7.94. The minimum absolute atomic E-state index is 0.0651. The molecule has 0 saturated carbocycles. The van der Waals surface area contributed by atoms with Crippen LogP contribution in [0.3, 0.4) is 0 Å². The van der Waals surface area contributed by atoms with Gasteiger partial charge in [-0.1, -0.05) is 6.07 Å². The maximum Gasteiger partial charge on any atom is 0.573 e. The lowest BCUT2D eigenvalue weighted by molar-refractivity contribution is -0.275. The van der Waals surface area contributed by atoms with Gasteiger partial charge in [-0.15, -0.1) is 13.2 Å². The average Bonchev–Trinajstić information content (AvgIpc) is 2.93. The van der Waals surface area contributed by atoms with Crippen molar-refractivity contribution in [1.29, 1.82) is 0 Å². The van der Waals surface area contributed by atoms with E-state index in [-0.39, 0.29) is 41.1 Å². The summed E-state index contributed by atoms with van der Waals surface area (Å²) in [6, 6.07) is 7.96. The maximum absolute atomic E-state index is 15.2. The van der Waals surface area contributed by atoms with E-state index in [4.69, 9.17) is 4.74 Å². The zero-order valence-electron chi connectivity index (χ0n) is 24.9. The van der Waals surface area contributed by atoms with Crippen molar-refractivity contribution >= 4 is 11.4 Å². The number of hydrogen-bond donors (Lipinski definition) is 0. The molecule has 7 nitrogen and oxygen atoms in total. The summed E-state index contributed by atoms with van der Waals surface area (Å²) in [5.74, 6) is -1.63. The van der Waals surface area contributed by atoms with Gasteiger partial charge >= 0.3 is 6.36 Å². The topological polar surface area (TPSA) is 54.0 Å². The lowest BCUT2D eigenvalue weighted by Gasteiger charge is -2.38. The number of alkyl halides is 3. The van der Waals surface area contributed by atoms with E-state index in [2.05, 4.69) is 33.7 Å². The van der Waals surface area contributed by atoms with Crippen LogP contribution in [-0.2, 0) is 6.42 Å². The molecule has 5 rings (SSSR count). The molecular formula is C31H36F5N5O2. The first-order valence-electron chi connectivity index (χ1n) is 14.4. The highest BCUT2D eigenvalue weighted by Crippen LogP contribution is 2.47. The molecule has 0 aliphatic carbocycles. The summed E-state index contributed by atoms with van der Waals surface area (Å²) in [6.45, 7) is 7.48. The molecule has 1 atom stereocenters. The van der Waals surface area contributed by atoms with Crippen LogP contribution in [-0.4, -0.2) is 73.1 Å². The van der Waals surface area contributed by atoms with Crippen LogP contribution in [0.2, 0.25) is 0 Å². The third-order valence-corrected chi connectivity index (χ3v) is 7.94. The molecule has 12 heteroatoms. The minimum Gasteiger partial charge on any atom is -0.483 e. The highest BCUT2D eigenvalue weighted by Gasteiger charge is 2.36. The number of fused-ring (bicyclic) bond motifs is 1. The van der Waals surface area contributed by atoms with Crippen LogP contribution in [0.5, 0.6) is 11.5 Å². The highest BCUT2D eigenvalue weighted by atomic mass is 19.4. The van der Waals surface area contributed by atoms with Gasteiger partial charge in [0.1, 0.15) is 23.4 Å². The van der Waals surface area contributed by atoms with Crippen molar-refractivity contribution in [2.75, 3.05) is 43.5 Å². The van der Waals surface area contributed by atoms with Crippen LogP contribution in [0, 0.1) is 11.6 Å². The Morgan fingerprint density at radius 3 is 2.40 bits per heavy atom. The Morgan fingerprint density at radius 2 is 1.77 bits per heavy atom. The summed E-state index contributed by atoms with van der Waals surface area (Å²) >= 11 is 0. The minimum atomic E-state index is -4.99. The van der Waals surface area contributed by atoms with Gasteiger partial charge in [0, 0.05) is 37.2 Å². The Morgan fingerprint density at radius 1 is 1.05 bits per heavy atom. The van der Waals surface area contributed by atoms with Crippen molar-refractivity contribution in [2.24, 2.45) is 0 Å². The molecule has 1 fully saturated rings. The zero-order chi connectivity index (χ0) is 31.1. The molecule has 2 aromatic carbocycles. The van der Waals surface area contributed by atoms with E-state index in [0.29, 0.717) is 29.5 Å². The fraction of sp³-hybridized carbons (Fsp3) is 0.484. The van der Waals surface area contributed by atoms with Gasteiger partial charge in [-0.25, -0.2) is 18.7 Å². The molecule has 0 bridgehead atoms. The van der Waals surface area contributed by atoms with Gasteiger partial charge in [-0.2, -0.15) is 0 Å². The first-order valence-corrected chi connectivity index (χ1v) is 14.4. The molecule has 1 unspecified atom stereocenters. The number of hydrogen-bond acceptors (Lipinski definition) is 7. The molecule has 1 saturated heterocycles. The molecule has 0 spiro atoms. The number of aromatic nitrogens is 2. The van der Waals surface area contributed by atoms with Crippen LogP contribution in [0.4, 0.5) is 33.3 Å². The van der Waals surface area contributed by atoms with E-state index in [1.165, 1.54) is 6.07 Å². The van der Waals surface area contributed by atoms with E-state index in [1.807, 2.05) is 23.6 Å². The summed E-state index contributed by atoms with van der Waals surface area (Å²) in [6.07, 6.45) is -2.43. The first kappa shape index (κ1) is 30.8. The largest absolute Gasteiger partial charge is 0.573 e. The zero-order valence-corrected chi connectivity index (χ0v) is 24.9. The van der Waals surface area contributed by atoms with Gasteiger partial charge in [-0.3, -0.25) is 0 Å². The Hall–Kier alpha value is -3.67. The van der Waals surface area contributed by atoms with Crippen molar-refractivity contribution in [3.05, 3.63) is 59.6 Å². The van der Waals surface area contributed by atoms with Crippen LogP contribution in [0.15, 0.2) is 36.5 Å².